The van der Waals surface area contributed by atoms with Gasteiger partial charge in [-0.3, -0.25) is 0 Å². The topological polar surface area (TPSA) is 51.4 Å². The summed E-state index contributed by atoms with van der Waals surface area (Å²) in [6.07, 6.45) is 0. The quantitative estimate of drug-likeness (QED) is 0.759. The molecule has 0 saturated carbocycles. The number of nitrogens with two attached hydrogens (primary N) is 1. The van der Waals surface area contributed by atoms with Crippen LogP contribution in [-0.2, 0) is 18.0 Å². The third-order valence-corrected chi connectivity index (χ3v) is 2.41. The van der Waals surface area contributed by atoms with Crippen LogP contribution in [0.2, 0.25) is 0 Å². The highest BCUT2D eigenvalue weighted by molar-refractivity contribution is 5.41. The SMILES string of the molecule is CN(CCN)c1ccc2c(n1)COC2. The van der Waals surface area contributed by atoms with Crippen molar-refractivity contribution in [3.05, 3.63) is 23.4 Å². The van der Waals surface area contributed by atoms with Crippen LogP contribution in [0.25, 0.3) is 0 Å². The van der Waals surface area contributed by atoms with Gasteiger partial charge in [0.1, 0.15) is 5.82 Å². The number of likely N-dealkylation sites (N-methyl/N-ethyl adjacent to an activating group) is 1. The number of anilines is 1. The maximum absolute atomic E-state index is 5.49. The molecular weight excluding hydrogens is 178 g/mol. The van der Waals surface area contributed by atoms with Gasteiger partial charge in [0.2, 0.25) is 0 Å². The maximum Gasteiger partial charge on any atom is 0.128 e. The number of hydrogen-bond acceptors (Lipinski definition) is 4. The zero-order chi connectivity index (χ0) is 9.97. The van der Waals surface area contributed by atoms with Crippen molar-refractivity contribution in [1.82, 2.24) is 4.98 Å². The van der Waals surface area contributed by atoms with Crippen molar-refractivity contribution < 1.29 is 4.74 Å². The molecule has 2 rings (SSSR count). The van der Waals surface area contributed by atoms with Crippen LogP contribution in [0, 0.1) is 0 Å². The zero-order valence-corrected chi connectivity index (χ0v) is 8.36. The van der Waals surface area contributed by atoms with E-state index < -0.39 is 0 Å². The van der Waals surface area contributed by atoms with Crippen LogP contribution in [-0.4, -0.2) is 25.1 Å². The molecule has 2 N–H and O–H groups in total. The van der Waals surface area contributed by atoms with Crippen LogP contribution in [0.5, 0.6) is 0 Å². The molecule has 0 fully saturated rings. The summed E-state index contributed by atoms with van der Waals surface area (Å²) in [5.41, 5.74) is 7.75. The second-order valence-corrected chi connectivity index (χ2v) is 3.48. The number of ether oxygens (including phenoxy) is 1. The minimum absolute atomic E-state index is 0.639. The molecule has 4 nitrogen and oxygen atoms in total. The summed E-state index contributed by atoms with van der Waals surface area (Å²) in [6, 6.07) is 4.10. The third kappa shape index (κ3) is 1.71. The maximum atomic E-state index is 5.49. The second kappa shape index (κ2) is 3.94. The van der Waals surface area contributed by atoms with Gasteiger partial charge in [-0.1, -0.05) is 6.07 Å². The van der Waals surface area contributed by atoms with Gasteiger partial charge in [0.15, 0.2) is 0 Å². The van der Waals surface area contributed by atoms with E-state index in [1.165, 1.54) is 5.56 Å². The number of aromatic nitrogens is 1. The Bertz CT molecular complexity index is 327. The number of rotatable bonds is 3. The highest BCUT2D eigenvalue weighted by Gasteiger charge is 2.13. The zero-order valence-electron chi connectivity index (χ0n) is 8.36. The number of fused-ring (bicyclic) bond motifs is 1. The summed E-state index contributed by atoms with van der Waals surface area (Å²) in [5, 5.41) is 0. The van der Waals surface area contributed by atoms with Gasteiger partial charge in [0, 0.05) is 25.7 Å². The number of pyridine rings is 1. The van der Waals surface area contributed by atoms with Crippen molar-refractivity contribution in [1.29, 1.82) is 0 Å². The smallest absolute Gasteiger partial charge is 0.128 e. The van der Waals surface area contributed by atoms with Gasteiger partial charge in [-0.15, -0.1) is 0 Å². The molecule has 0 radical (unpaired) electrons. The molecule has 14 heavy (non-hydrogen) atoms. The first-order chi connectivity index (χ1) is 6.81. The molecule has 0 aromatic carbocycles. The van der Waals surface area contributed by atoms with E-state index >= 15 is 0 Å². The van der Waals surface area contributed by atoms with Crippen LogP contribution in [0.3, 0.4) is 0 Å². The van der Waals surface area contributed by atoms with Gasteiger partial charge in [-0.25, -0.2) is 4.98 Å². The van der Waals surface area contributed by atoms with Gasteiger partial charge >= 0.3 is 0 Å². The molecule has 1 aliphatic heterocycles. The molecular formula is C10H15N3O. The van der Waals surface area contributed by atoms with E-state index in [2.05, 4.69) is 16.0 Å². The molecule has 1 aromatic heterocycles. The van der Waals surface area contributed by atoms with Crippen LogP contribution >= 0.6 is 0 Å². The average molecular weight is 193 g/mol. The van der Waals surface area contributed by atoms with Gasteiger partial charge in [0.05, 0.1) is 18.9 Å². The lowest BCUT2D eigenvalue weighted by Gasteiger charge is -2.17. The van der Waals surface area contributed by atoms with Crippen molar-refractivity contribution >= 4 is 5.82 Å². The third-order valence-electron chi connectivity index (χ3n) is 2.41. The Morgan fingerprint density at radius 2 is 2.36 bits per heavy atom. The lowest BCUT2D eigenvalue weighted by Crippen LogP contribution is -2.25. The van der Waals surface area contributed by atoms with Gasteiger partial charge in [0.25, 0.3) is 0 Å². The van der Waals surface area contributed by atoms with E-state index in [1.54, 1.807) is 0 Å². The van der Waals surface area contributed by atoms with Gasteiger partial charge in [-0.05, 0) is 6.07 Å². The Hall–Kier alpha value is -1.13. The van der Waals surface area contributed by atoms with Gasteiger partial charge < -0.3 is 15.4 Å². The molecule has 0 atom stereocenters. The first kappa shape index (κ1) is 9.43. The standard InChI is InChI=1S/C10H15N3O/c1-13(5-4-11)10-3-2-8-6-14-7-9(8)12-10/h2-3H,4-7,11H2,1H3. The molecule has 0 aliphatic carbocycles. The normalized spacial score (nSPS) is 14.1. The average Bonchev–Trinajstić information content (AvgIpc) is 2.64. The second-order valence-electron chi connectivity index (χ2n) is 3.48. The molecule has 1 aromatic rings. The summed E-state index contributed by atoms with van der Waals surface area (Å²) >= 11 is 0. The van der Waals surface area contributed by atoms with Crippen LogP contribution in [0.4, 0.5) is 5.82 Å². The first-order valence-electron chi connectivity index (χ1n) is 4.79. The summed E-state index contributed by atoms with van der Waals surface area (Å²) < 4.78 is 5.30. The minimum atomic E-state index is 0.639. The largest absolute Gasteiger partial charge is 0.370 e. The van der Waals surface area contributed by atoms with E-state index in [4.69, 9.17) is 10.5 Å². The van der Waals surface area contributed by atoms with Crippen LogP contribution in [0.15, 0.2) is 12.1 Å². The highest BCUT2D eigenvalue weighted by Crippen LogP contribution is 2.20. The Morgan fingerprint density at radius 3 is 3.14 bits per heavy atom. The summed E-state index contributed by atoms with van der Waals surface area (Å²) in [7, 11) is 2.00. The summed E-state index contributed by atoms with van der Waals surface area (Å²) in [4.78, 5) is 6.57. The monoisotopic (exact) mass is 193 g/mol. The molecule has 0 bridgehead atoms. The Balaban J connectivity index is 2.19. The molecule has 2 heterocycles. The van der Waals surface area contributed by atoms with Crippen LogP contribution < -0.4 is 10.6 Å². The van der Waals surface area contributed by atoms with E-state index in [0.717, 1.165) is 18.1 Å². The van der Waals surface area contributed by atoms with Crippen molar-refractivity contribution in [3.63, 3.8) is 0 Å². The molecule has 0 unspecified atom stereocenters. The van der Waals surface area contributed by atoms with E-state index in [0.29, 0.717) is 19.8 Å². The molecule has 1 aliphatic rings. The predicted octanol–water partition coefficient (Wildman–Crippen LogP) is 0.507. The van der Waals surface area contributed by atoms with Crippen molar-refractivity contribution in [2.24, 2.45) is 5.73 Å². The molecule has 0 amide bonds. The van der Waals surface area contributed by atoms with Crippen LogP contribution in [0.1, 0.15) is 11.3 Å². The Kier molecular flexibility index (Phi) is 2.65. The Labute approximate surface area is 83.7 Å². The fourth-order valence-electron chi connectivity index (χ4n) is 1.55. The van der Waals surface area contributed by atoms with Gasteiger partial charge in [-0.2, -0.15) is 0 Å². The molecule has 4 heteroatoms. The predicted molar refractivity (Wildman–Crippen MR) is 55.1 cm³/mol. The first-order valence-corrected chi connectivity index (χ1v) is 4.79. The number of nitrogens with zero attached hydrogens (tertiary/aromatic N) is 2. The van der Waals surface area contributed by atoms with E-state index in [1.807, 2.05) is 13.1 Å². The summed E-state index contributed by atoms with van der Waals surface area (Å²) in [6.45, 7) is 2.81. The fourth-order valence-corrected chi connectivity index (χ4v) is 1.55. The van der Waals surface area contributed by atoms with Crippen molar-refractivity contribution in [2.45, 2.75) is 13.2 Å². The highest BCUT2D eigenvalue weighted by atomic mass is 16.5. The molecule has 76 valence electrons. The molecule has 0 saturated heterocycles. The van der Waals surface area contributed by atoms with E-state index in [-0.39, 0.29) is 0 Å². The molecule has 0 spiro atoms. The number of hydrogen-bond donors (Lipinski definition) is 1. The van der Waals surface area contributed by atoms with E-state index in [9.17, 15) is 0 Å². The lowest BCUT2D eigenvalue weighted by molar-refractivity contribution is 0.133. The minimum Gasteiger partial charge on any atom is -0.370 e. The van der Waals surface area contributed by atoms with Crippen molar-refractivity contribution in [2.75, 3.05) is 25.0 Å². The van der Waals surface area contributed by atoms with Crippen molar-refractivity contribution in [3.8, 4) is 0 Å². The summed E-state index contributed by atoms with van der Waals surface area (Å²) in [5.74, 6) is 0.972. The lowest BCUT2D eigenvalue weighted by atomic mass is 10.2. The fraction of sp³-hybridized carbons (Fsp3) is 0.500. The Morgan fingerprint density at radius 1 is 1.50 bits per heavy atom.